The number of amides is 1. The number of rotatable bonds is 6. The van der Waals surface area contributed by atoms with Gasteiger partial charge in [0.05, 0.1) is 11.9 Å². The molecule has 0 heterocycles. The number of anilines is 2. The van der Waals surface area contributed by atoms with Gasteiger partial charge in [-0.2, -0.15) is 0 Å². The van der Waals surface area contributed by atoms with E-state index in [-0.39, 0.29) is 5.91 Å². The first-order valence-electron chi connectivity index (χ1n) is 8.57. The number of hydrogen-bond donors (Lipinski definition) is 1. The summed E-state index contributed by atoms with van der Waals surface area (Å²) in [6, 6.07) is 11.9. The van der Waals surface area contributed by atoms with Crippen LogP contribution in [-0.2, 0) is 14.8 Å². The van der Waals surface area contributed by atoms with Crippen molar-refractivity contribution in [2.75, 3.05) is 15.9 Å². The first-order chi connectivity index (χ1) is 12.1. The molecule has 0 saturated carbocycles. The van der Waals surface area contributed by atoms with Gasteiger partial charge in [0.1, 0.15) is 6.04 Å². The Morgan fingerprint density at radius 1 is 1.04 bits per heavy atom. The third-order valence-corrected chi connectivity index (χ3v) is 5.57. The van der Waals surface area contributed by atoms with Crippen LogP contribution in [0.1, 0.15) is 30.0 Å². The maximum absolute atomic E-state index is 12.9. The number of nitrogens with zero attached hydrogens (tertiary/aromatic N) is 1. The second-order valence-electron chi connectivity index (χ2n) is 6.61. The maximum atomic E-state index is 12.9. The van der Waals surface area contributed by atoms with Crippen molar-refractivity contribution in [3.63, 3.8) is 0 Å². The summed E-state index contributed by atoms with van der Waals surface area (Å²) >= 11 is 0. The van der Waals surface area contributed by atoms with Gasteiger partial charge in [-0.3, -0.25) is 9.10 Å². The molecule has 1 atom stereocenters. The molecule has 2 aromatic carbocycles. The highest BCUT2D eigenvalue weighted by Crippen LogP contribution is 2.24. The molecule has 0 aromatic heterocycles. The van der Waals surface area contributed by atoms with Crippen LogP contribution in [0.3, 0.4) is 0 Å². The molecule has 0 spiro atoms. The largest absolute Gasteiger partial charge is 0.324 e. The number of hydrogen-bond acceptors (Lipinski definition) is 3. The molecule has 1 amide bonds. The van der Waals surface area contributed by atoms with E-state index >= 15 is 0 Å². The van der Waals surface area contributed by atoms with Crippen LogP contribution >= 0.6 is 0 Å². The SMILES string of the molecule is CCC(C(=O)Nc1ccc(C)c(C)c1)N(c1ccc(C)cc1)S(C)(=O)=O. The minimum absolute atomic E-state index is 0.346. The van der Waals surface area contributed by atoms with Gasteiger partial charge in [0.2, 0.25) is 15.9 Å². The number of aryl methyl sites for hydroxylation is 3. The number of carbonyl (C=O) groups is 1. The van der Waals surface area contributed by atoms with E-state index in [1.807, 2.05) is 51.1 Å². The highest BCUT2D eigenvalue weighted by atomic mass is 32.2. The second kappa shape index (κ2) is 7.91. The van der Waals surface area contributed by atoms with Crippen molar-refractivity contribution in [3.05, 3.63) is 59.2 Å². The lowest BCUT2D eigenvalue weighted by atomic mass is 10.1. The summed E-state index contributed by atoms with van der Waals surface area (Å²) < 4.78 is 26.0. The Balaban J connectivity index is 2.36. The molecule has 6 heteroatoms. The van der Waals surface area contributed by atoms with Gasteiger partial charge in [-0.1, -0.05) is 30.7 Å². The van der Waals surface area contributed by atoms with Crippen LogP contribution in [-0.4, -0.2) is 26.6 Å². The Bertz CT molecular complexity index is 890. The van der Waals surface area contributed by atoms with Gasteiger partial charge in [0.15, 0.2) is 0 Å². The Kier molecular flexibility index (Phi) is 6.08. The van der Waals surface area contributed by atoms with E-state index in [0.29, 0.717) is 17.8 Å². The molecule has 1 N–H and O–H groups in total. The molecule has 0 fully saturated rings. The zero-order valence-electron chi connectivity index (χ0n) is 15.9. The van der Waals surface area contributed by atoms with E-state index in [1.165, 1.54) is 4.31 Å². The molecule has 0 saturated heterocycles. The first kappa shape index (κ1) is 20.0. The molecule has 2 rings (SSSR count). The second-order valence-corrected chi connectivity index (χ2v) is 8.47. The average molecular weight is 375 g/mol. The normalized spacial score (nSPS) is 12.5. The molecule has 0 aliphatic heterocycles. The molecular formula is C20H26N2O3S. The summed E-state index contributed by atoms with van der Waals surface area (Å²) in [4.78, 5) is 12.9. The third kappa shape index (κ3) is 4.64. The van der Waals surface area contributed by atoms with Gasteiger partial charge in [0, 0.05) is 5.69 Å². The summed E-state index contributed by atoms with van der Waals surface area (Å²) in [5.74, 6) is -0.346. The highest BCUT2D eigenvalue weighted by molar-refractivity contribution is 7.92. The van der Waals surface area contributed by atoms with Crippen LogP contribution in [0.2, 0.25) is 0 Å². The zero-order valence-corrected chi connectivity index (χ0v) is 16.7. The van der Waals surface area contributed by atoms with E-state index in [4.69, 9.17) is 0 Å². The van der Waals surface area contributed by atoms with Crippen molar-refractivity contribution in [2.45, 2.75) is 40.2 Å². The van der Waals surface area contributed by atoms with Crippen LogP contribution in [0.25, 0.3) is 0 Å². The molecule has 5 nitrogen and oxygen atoms in total. The monoisotopic (exact) mass is 374 g/mol. The predicted octanol–water partition coefficient (Wildman–Crippen LogP) is 3.80. The van der Waals surface area contributed by atoms with Crippen LogP contribution in [0.5, 0.6) is 0 Å². The van der Waals surface area contributed by atoms with Crippen LogP contribution in [0, 0.1) is 20.8 Å². The van der Waals surface area contributed by atoms with Crippen LogP contribution in [0.4, 0.5) is 11.4 Å². The van der Waals surface area contributed by atoms with E-state index in [2.05, 4.69) is 5.32 Å². The molecular weight excluding hydrogens is 348 g/mol. The lowest BCUT2D eigenvalue weighted by Gasteiger charge is -2.30. The topological polar surface area (TPSA) is 66.5 Å². The Morgan fingerprint density at radius 3 is 2.15 bits per heavy atom. The molecule has 0 aliphatic rings. The van der Waals surface area contributed by atoms with E-state index in [1.54, 1.807) is 19.1 Å². The van der Waals surface area contributed by atoms with Gasteiger partial charge < -0.3 is 5.32 Å². The minimum Gasteiger partial charge on any atom is -0.324 e. The van der Waals surface area contributed by atoms with Gasteiger partial charge in [-0.05, 0) is 62.6 Å². The van der Waals surface area contributed by atoms with Crippen molar-refractivity contribution in [3.8, 4) is 0 Å². The molecule has 0 bridgehead atoms. The lowest BCUT2D eigenvalue weighted by molar-refractivity contribution is -0.117. The average Bonchev–Trinajstić information content (AvgIpc) is 2.56. The summed E-state index contributed by atoms with van der Waals surface area (Å²) in [6.07, 6.45) is 1.48. The number of carbonyl (C=O) groups excluding carboxylic acids is 1. The molecule has 2 aromatic rings. The van der Waals surface area contributed by atoms with Gasteiger partial charge in [-0.15, -0.1) is 0 Å². The Hall–Kier alpha value is -2.34. The van der Waals surface area contributed by atoms with Crippen molar-refractivity contribution in [1.82, 2.24) is 0 Å². The lowest BCUT2D eigenvalue weighted by Crippen LogP contribution is -2.47. The summed E-state index contributed by atoms with van der Waals surface area (Å²) in [5, 5.41) is 2.85. The smallest absolute Gasteiger partial charge is 0.248 e. The maximum Gasteiger partial charge on any atom is 0.248 e. The fourth-order valence-corrected chi connectivity index (χ4v) is 4.01. The van der Waals surface area contributed by atoms with Crippen molar-refractivity contribution in [1.29, 1.82) is 0 Å². The first-order valence-corrected chi connectivity index (χ1v) is 10.4. The van der Waals surface area contributed by atoms with Crippen molar-refractivity contribution < 1.29 is 13.2 Å². The number of benzene rings is 2. The third-order valence-electron chi connectivity index (χ3n) is 4.39. The summed E-state index contributed by atoms with van der Waals surface area (Å²) in [5.41, 5.74) is 4.37. The van der Waals surface area contributed by atoms with E-state index < -0.39 is 16.1 Å². The summed E-state index contributed by atoms with van der Waals surface area (Å²) in [6.45, 7) is 7.70. The van der Waals surface area contributed by atoms with Gasteiger partial charge >= 0.3 is 0 Å². The van der Waals surface area contributed by atoms with Gasteiger partial charge in [-0.25, -0.2) is 8.42 Å². The van der Waals surface area contributed by atoms with E-state index in [9.17, 15) is 13.2 Å². The predicted molar refractivity (Wildman–Crippen MR) is 107 cm³/mol. The fourth-order valence-electron chi connectivity index (χ4n) is 2.80. The Labute approximate surface area is 156 Å². The quantitative estimate of drug-likeness (QED) is 0.836. The van der Waals surface area contributed by atoms with Crippen LogP contribution in [0.15, 0.2) is 42.5 Å². The van der Waals surface area contributed by atoms with Crippen molar-refractivity contribution in [2.24, 2.45) is 0 Å². The highest BCUT2D eigenvalue weighted by Gasteiger charge is 2.31. The Morgan fingerprint density at radius 2 is 1.65 bits per heavy atom. The number of sulfonamides is 1. The van der Waals surface area contributed by atoms with Gasteiger partial charge in [0.25, 0.3) is 0 Å². The van der Waals surface area contributed by atoms with Crippen LogP contribution < -0.4 is 9.62 Å². The zero-order chi connectivity index (χ0) is 19.5. The molecule has 26 heavy (non-hydrogen) atoms. The molecule has 0 aliphatic carbocycles. The standard InChI is InChI=1S/C20H26N2O3S/c1-6-19(20(23)21-17-10-9-15(3)16(4)13-17)22(26(5,24)25)18-11-7-14(2)8-12-18/h7-13,19H,6H2,1-5H3,(H,21,23). The molecule has 140 valence electrons. The minimum atomic E-state index is -3.62. The van der Waals surface area contributed by atoms with Crippen molar-refractivity contribution >= 4 is 27.3 Å². The fraction of sp³-hybridized carbons (Fsp3) is 0.350. The summed E-state index contributed by atoms with van der Waals surface area (Å²) in [7, 11) is -3.62. The number of nitrogens with one attached hydrogen (secondary N) is 1. The molecule has 1 unspecified atom stereocenters. The molecule has 0 radical (unpaired) electrons. The van der Waals surface area contributed by atoms with E-state index in [0.717, 1.165) is 22.9 Å².